The van der Waals surface area contributed by atoms with Crippen molar-refractivity contribution in [3.63, 3.8) is 0 Å². The normalized spacial score (nSPS) is 11.4. The van der Waals surface area contributed by atoms with Crippen LogP contribution in [0.15, 0.2) is 36.7 Å². The van der Waals surface area contributed by atoms with Crippen molar-refractivity contribution in [2.24, 2.45) is 0 Å². The van der Waals surface area contributed by atoms with E-state index in [9.17, 15) is 22.4 Å². The van der Waals surface area contributed by atoms with Crippen LogP contribution >= 0.6 is 0 Å². The van der Waals surface area contributed by atoms with Crippen LogP contribution in [-0.4, -0.2) is 15.8 Å². The van der Waals surface area contributed by atoms with Crippen molar-refractivity contribution in [2.75, 3.05) is 0 Å². The SMILES string of the molecule is O=C(c1ccc(F)cc1F)C(F)(F)c1ncccn1. The summed E-state index contributed by atoms with van der Waals surface area (Å²) in [5.41, 5.74) is -0.918. The molecule has 7 heteroatoms. The Balaban J connectivity index is 2.43. The zero-order valence-corrected chi connectivity index (χ0v) is 9.28. The van der Waals surface area contributed by atoms with Gasteiger partial charge in [-0.1, -0.05) is 0 Å². The Hall–Kier alpha value is -2.31. The third-order valence-corrected chi connectivity index (χ3v) is 2.31. The van der Waals surface area contributed by atoms with E-state index in [0.717, 1.165) is 18.5 Å². The van der Waals surface area contributed by atoms with E-state index in [0.29, 0.717) is 12.1 Å². The Morgan fingerprint density at radius 2 is 1.74 bits per heavy atom. The molecule has 1 aromatic carbocycles. The van der Waals surface area contributed by atoms with Crippen LogP contribution in [0, 0.1) is 11.6 Å². The van der Waals surface area contributed by atoms with Crippen LogP contribution in [0.1, 0.15) is 16.2 Å². The number of Topliss-reactive ketones (excluding diaryl/α,β-unsaturated/α-hetero) is 1. The Morgan fingerprint density at radius 3 is 2.32 bits per heavy atom. The van der Waals surface area contributed by atoms with Gasteiger partial charge >= 0.3 is 5.92 Å². The highest BCUT2D eigenvalue weighted by atomic mass is 19.3. The minimum Gasteiger partial charge on any atom is -0.287 e. The first-order valence-corrected chi connectivity index (χ1v) is 5.08. The number of halogens is 4. The lowest BCUT2D eigenvalue weighted by Gasteiger charge is -2.13. The number of ketones is 1. The summed E-state index contributed by atoms with van der Waals surface area (Å²) in [5.74, 6) is -9.27. The second-order valence-electron chi connectivity index (χ2n) is 3.60. The van der Waals surface area contributed by atoms with Gasteiger partial charge in [-0.3, -0.25) is 4.79 Å². The van der Waals surface area contributed by atoms with Crippen molar-refractivity contribution in [3.05, 3.63) is 59.7 Å². The molecule has 0 fully saturated rings. The fourth-order valence-corrected chi connectivity index (χ4v) is 1.41. The minimum atomic E-state index is -4.08. The highest BCUT2D eigenvalue weighted by Gasteiger charge is 2.45. The highest BCUT2D eigenvalue weighted by Crippen LogP contribution is 2.30. The number of hydrogen-bond donors (Lipinski definition) is 0. The molecule has 2 aromatic rings. The van der Waals surface area contributed by atoms with E-state index in [1.807, 2.05) is 0 Å². The molecular formula is C12H6F4N2O. The van der Waals surface area contributed by atoms with Crippen LogP contribution in [0.2, 0.25) is 0 Å². The molecule has 0 N–H and O–H groups in total. The number of rotatable bonds is 3. The maximum Gasteiger partial charge on any atom is 0.368 e. The topological polar surface area (TPSA) is 42.9 Å². The summed E-state index contributed by atoms with van der Waals surface area (Å²) in [6.07, 6.45) is 2.06. The minimum absolute atomic E-state index is 0.356. The average molecular weight is 270 g/mol. The molecule has 0 bridgehead atoms. The van der Waals surface area contributed by atoms with Gasteiger partial charge in [0, 0.05) is 18.5 Å². The van der Waals surface area contributed by atoms with Gasteiger partial charge in [0.05, 0.1) is 5.56 Å². The van der Waals surface area contributed by atoms with Crippen LogP contribution in [0.4, 0.5) is 17.6 Å². The van der Waals surface area contributed by atoms with E-state index in [2.05, 4.69) is 9.97 Å². The summed E-state index contributed by atoms with van der Waals surface area (Å²) in [6.45, 7) is 0. The third kappa shape index (κ3) is 2.44. The fraction of sp³-hybridized carbons (Fsp3) is 0.0833. The average Bonchev–Trinajstić information content (AvgIpc) is 2.39. The van der Waals surface area contributed by atoms with E-state index >= 15 is 0 Å². The van der Waals surface area contributed by atoms with Gasteiger partial charge in [0.25, 0.3) is 0 Å². The second kappa shape index (κ2) is 4.75. The molecule has 98 valence electrons. The van der Waals surface area contributed by atoms with Crippen molar-refractivity contribution in [1.29, 1.82) is 0 Å². The van der Waals surface area contributed by atoms with E-state index in [4.69, 9.17) is 0 Å². The van der Waals surface area contributed by atoms with Gasteiger partial charge in [0.15, 0.2) is 0 Å². The molecule has 2 rings (SSSR count). The predicted octanol–water partition coefficient (Wildman–Crippen LogP) is 2.73. The number of alkyl halides is 2. The van der Waals surface area contributed by atoms with Gasteiger partial charge in [-0.05, 0) is 18.2 Å². The van der Waals surface area contributed by atoms with Crippen molar-refractivity contribution in [3.8, 4) is 0 Å². The summed E-state index contributed by atoms with van der Waals surface area (Å²) in [5, 5.41) is 0. The molecule has 0 amide bonds. The van der Waals surface area contributed by atoms with Crippen LogP contribution in [0.25, 0.3) is 0 Å². The smallest absolute Gasteiger partial charge is 0.287 e. The van der Waals surface area contributed by atoms with Crippen molar-refractivity contribution >= 4 is 5.78 Å². The monoisotopic (exact) mass is 270 g/mol. The van der Waals surface area contributed by atoms with Crippen LogP contribution in [0.5, 0.6) is 0 Å². The zero-order valence-electron chi connectivity index (χ0n) is 9.28. The summed E-state index contributed by atoms with van der Waals surface area (Å²) < 4.78 is 53.5. The molecule has 0 atom stereocenters. The van der Waals surface area contributed by atoms with Crippen LogP contribution in [0.3, 0.4) is 0 Å². The van der Waals surface area contributed by atoms with E-state index in [-0.39, 0.29) is 0 Å². The highest BCUT2D eigenvalue weighted by molar-refractivity contribution is 6.01. The molecule has 0 aliphatic rings. The van der Waals surface area contributed by atoms with E-state index in [1.54, 1.807) is 0 Å². The Bertz CT molecular complexity index is 616. The molecule has 0 aliphatic carbocycles. The lowest BCUT2D eigenvalue weighted by atomic mass is 10.0. The summed E-state index contributed by atoms with van der Waals surface area (Å²) in [4.78, 5) is 18.1. The molecule has 0 aliphatic heterocycles. The molecule has 0 saturated heterocycles. The zero-order chi connectivity index (χ0) is 14.0. The van der Waals surface area contributed by atoms with E-state index in [1.165, 1.54) is 6.07 Å². The fourth-order valence-electron chi connectivity index (χ4n) is 1.41. The molecule has 0 saturated carbocycles. The molecular weight excluding hydrogens is 264 g/mol. The van der Waals surface area contributed by atoms with Gasteiger partial charge in [-0.2, -0.15) is 8.78 Å². The first kappa shape index (κ1) is 13.1. The Morgan fingerprint density at radius 1 is 1.11 bits per heavy atom. The first-order valence-electron chi connectivity index (χ1n) is 5.08. The van der Waals surface area contributed by atoms with Gasteiger partial charge in [-0.25, -0.2) is 18.7 Å². The Labute approximate surface area is 104 Å². The summed E-state index contributed by atoms with van der Waals surface area (Å²) in [7, 11) is 0. The third-order valence-electron chi connectivity index (χ3n) is 2.31. The van der Waals surface area contributed by atoms with Gasteiger partial charge in [0.1, 0.15) is 11.6 Å². The van der Waals surface area contributed by atoms with E-state index < -0.39 is 34.7 Å². The number of aromatic nitrogens is 2. The molecule has 19 heavy (non-hydrogen) atoms. The Kier molecular flexibility index (Phi) is 3.28. The quantitative estimate of drug-likeness (QED) is 0.636. The van der Waals surface area contributed by atoms with Crippen molar-refractivity contribution in [2.45, 2.75) is 5.92 Å². The summed E-state index contributed by atoms with van der Waals surface area (Å²) >= 11 is 0. The van der Waals surface area contributed by atoms with Gasteiger partial charge < -0.3 is 0 Å². The molecule has 0 unspecified atom stereocenters. The lowest BCUT2D eigenvalue weighted by Crippen LogP contribution is -2.29. The lowest BCUT2D eigenvalue weighted by molar-refractivity contribution is 0.00121. The molecule has 0 radical (unpaired) electrons. The van der Waals surface area contributed by atoms with Crippen molar-refractivity contribution < 1.29 is 22.4 Å². The molecule has 1 heterocycles. The predicted molar refractivity (Wildman–Crippen MR) is 56.6 cm³/mol. The van der Waals surface area contributed by atoms with Crippen LogP contribution < -0.4 is 0 Å². The van der Waals surface area contributed by atoms with Crippen molar-refractivity contribution in [1.82, 2.24) is 9.97 Å². The van der Waals surface area contributed by atoms with Gasteiger partial charge in [-0.15, -0.1) is 0 Å². The maximum atomic E-state index is 13.8. The second-order valence-corrected chi connectivity index (χ2v) is 3.60. The molecule has 0 spiro atoms. The first-order chi connectivity index (χ1) is 8.93. The number of carbonyl (C=O) groups is 1. The standard InChI is InChI=1S/C12H6F4N2O/c13-7-2-3-8(9(14)6-7)10(19)12(15,16)11-17-4-1-5-18-11/h1-6H. The largest absolute Gasteiger partial charge is 0.368 e. The number of hydrogen-bond acceptors (Lipinski definition) is 3. The number of benzene rings is 1. The summed E-state index contributed by atoms with van der Waals surface area (Å²) in [6, 6.07) is 3.03. The molecule has 3 nitrogen and oxygen atoms in total. The molecule has 1 aromatic heterocycles. The van der Waals surface area contributed by atoms with Gasteiger partial charge in [0.2, 0.25) is 11.6 Å². The van der Waals surface area contributed by atoms with Crippen LogP contribution in [-0.2, 0) is 5.92 Å². The number of carbonyl (C=O) groups excluding carboxylic acids is 1. The maximum absolute atomic E-state index is 13.8. The number of nitrogens with zero attached hydrogens (tertiary/aromatic N) is 2.